The second kappa shape index (κ2) is 9.15. The molecule has 2 N–H and O–H groups in total. The van der Waals surface area contributed by atoms with Crippen LogP contribution in [0.25, 0.3) is 5.69 Å². The van der Waals surface area contributed by atoms with Gasteiger partial charge in [0.1, 0.15) is 0 Å². The number of aryl methyl sites for hydroxylation is 1. The maximum absolute atomic E-state index is 13.4. The number of hydrazine groups is 1. The number of carbonyl (C=O) groups is 2. The second-order valence-electron chi connectivity index (χ2n) is 7.28. The van der Waals surface area contributed by atoms with Gasteiger partial charge in [0.25, 0.3) is 11.8 Å². The first-order valence-electron chi connectivity index (χ1n) is 9.64. The summed E-state index contributed by atoms with van der Waals surface area (Å²) in [5, 5.41) is 3.84. The molecule has 0 aliphatic carbocycles. The van der Waals surface area contributed by atoms with E-state index in [-0.39, 0.29) is 16.9 Å². The van der Waals surface area contributed by atoms with Crippen LogP contribution >= 0.6 is 0 Å². The molecular formula is C22H20F3N5O3. The van der Waals surface area contributed by atoms with Gasteiger partial charge < -0.3 is 4.90 Å². The fourth-order valence-corrected chi connectivity index (χ4v) is 3.02. The van der Waals surface area contributed by atoms with Crippen molar-refractivity contribution in [2.45, 2.75) is 13.1 Å². The molecule has 0 unspecified atom stereocenters. The Balaban J connectivity index is 1.88. The van der Waals surface area contributed by atoms with Crippen LogP contribution in [0.4, 0.5) is 18.9 Å². The number of rotatable bonds is 4. The number of benzene rings is 2. The molecule has 0 aliphatic heterocycles. The van der Waals surface area contributed by atoms with Crippen molar-refractivity contribution in [1.29, 1.82) is 0 Å². The Labute approximate surface area is 186 Å². The Hall–Kier alpha value is -4.15. The van der Waals surface area contributed by atoms with Gasteiger partial charge in [-0.2, -0.15) is 18.3 Å². The van der Waals surface area contributed by atoms with Crippen LogP contribution in [0.3, 0.4) is 0 Å². The number of carbonyl (C=O) groups excluding carboxylic acids is 2. The van der Waals surface area contributed by atoms with Crippen molar-refractivity contribution < 1.29 is 22.8 Å². The highest BCUT2D eigenvalue weighted by Gasteiger charge is 2.34. The van der Waals surface area contributed by atoms with E-state index in [9.17, 15) is 27.6 Å². The van der Waals surface area contributed by atoms with E-state index in [2.05, 4.69) is 16.0 Å². The van der Waals surface area contributed by atoms with E-state index in [0.717, 1.165) is 22.5 Å². The predicted molar refractivity (Wildman–Crippen MR) is 115 cm³/mol. The number of para-hydroxylation sites is 1. The molecule has 2 amide bonds. The Morgan fingerprint density at radius 3 is 2.30 bits per heavy atom. The smallest absolute Gasteiger partial charge is 0.378 e. The lowest BCUT2D eigenvalue weighted by atomic mass is 10.1. The van der Waals surface area contributed by atoms with Crippen molar-refractivity contribution in [3.05, 3.63) is 87.3 Å². The number of halogens is 3. The molecule has 33 heavy (non-hydrogen) atoms. The zero-order chi connectivity index (χ0) is 24.3. The lowest BCUT2D eigenvalue weighted by molar-refractivity contribution is -0.137. The second-order valence-corrected chi connectivity index (χ2v) is 7.28. The van der Waals surface area contributed by atoms with Gasteiger partial charge in [-0.1, -0.05) is 18.2 Å². The summed E-state index contributed by atoms with van der Waals surface area (Å²) >= 11 is 0. The minimum Gasteiger partial charge on any atom is -0.378 e. The summed E-state index contributed by atoms with van der Waals surface area (Å²) in [6.07, 6.45) is -4.68. The van der Waals surface area contributed by atoms with Crippen molar-refractivity contribution in [1.82, 2.24) is 20.6 Å². The molecule has 0 saturated heterocycles. The third kappa shape index (κ3) is 5.20. The van der Waals surface area contributed by atoms with Crippen LogP contribution in [0.15, 0.2) is 59.4 Å². The summed E-state index contributed by atoms with van der Waals surface area (Å²) in [4.78, 5) is 39.0. The molecule has 0 saturated carbocycles. The third-order valence-corrected chi connectivity index (χ3v) is 4.67. The Bertz CT molecular complexity index is 1270. The lowest BCUT2D eigenvalue weighted by Gasteiger charge is -2.17. The molecule has 3 rings (SSSR count). The maximum Gasteiger partial charge on any atom is 0.418 e. The molecule has 0 radical (unpaired) electrons. The van der Waals surface area contributed by atoms with E-state index in [0.29, 0.717) is 0 Å². The van der Waals surface area contributed by atoms with Crippen LogP contribution in [0.2, 0.25) is 0 Å². The normalized spacial score (nSPS) is 11.1. The summed E-state index contributed by atoms with van der Waals surface area (Å²) in [6, 6.07) is 12.2. The zero-order valence-corrected chi connectivity index (χ0v) is 17.9. The van der Waals surface area contributed by atoms with Gasteiger partial charge in [0, 0.05) is 37.1 Å². The first-order chi connectivity index (χ1) is 15.5. The SMILES string of the molecule is Cc1cc(=O)c(C(=O)NNC(=O)c2cccc(N(C)C)c2)nn1-c1ccccc1C(F)(F)F. The van der Waals surface area contributed by atoms with Gasteiger partial charge in [0.05, 0.1) is 11.3 Å². The van der Waals surface area contributed by atoms with Crippen LogP contribution in [0, 0.1) is 6.92 Å². The Kier molecular flexibility index (Phi) is 6.52. The van der Waals surface area contributed by atoms with Crippen LogP contribution in [0.1, 0.15) is 32.1 Å². The highest BCUT2D eigenvalue weighted by Crippen LogP contribution is 2.33. The lowest BCUT2D eigenvalue weighted by Crippen LogP contribution is -2.44. The fourth-order valence-electron chi connectivity index (χ4n) is 3.02. The van der Waals surface area contributed by atoms with Gasteiger partial charge in [-0.3, -0.25) is 25.2 Å². The fraction of sp³-hybridized carbons (Fsp3) is 0.182. The summed E-state index contributed by atoms with van der Waals surface area (Å²) in [5.41, 5.74) is 2.53. The first-order valence-corrected chi connectivity index (χ1v) is 9.64. The van der Waals surface area contributed by atoms with Crippen molar-refractivity contribution in [3.63, 3.8) is 0 Å². The molecule has 3 aromatic rings. The summed E-state index contributed by atoms with van der Waals surface area (Å²) in [5.74, 6) is -1.72. The van der Waals surface area contributed by atoms with Crippen molar-refractivity contribution >= 4 is 17.5 Å². The van der Waals surface area contributed by atoms with Gasteiger partial charge in [0.15, 0.2) is 5.69 Å². The Morgan fingerprint density at radius 1 is 0.970 bits per heavy atom. The molecule has 0 fully saturated rings. The van der Waals surface area contributed by atoms with Crippen molar-refractivity contribution in [2.24, 2.45) is 0 Å². The topological polar surface area (TPSA) is 96.3 Å². The average Bonchev–Trinajstić information content (AvgIpc) is 2.76. The van der Waals surface area contributed by atoms with E-state index in [1.807, 2.05) is 0 Å². The van der Waals surface area contributed by atoms with Crippen LogP contribution in [-0.2, 0) is 6.18 Å². The monoisotopic (exact) mass is 459 g/mol. The van der Waals surface area contributed by atoms with Crippen LogP contribution < -0.4 is 21.2 Å². The van der Waals surface area contributed by atoms with E-state index in [1.165, 1.54) is 31.2 Å². The van der Waals surface area contributed by atoms with Gasteiger partial charge in [-0.05, 0) is 37.3 Å². The number of amides is 2. The van der Waals surface area contributed by atoms with E-state index < -0.39 is 34.7 Å². The summed E-state index contributed by atoms with van der Waals surface area (Å²) < 4.78 is 41.1. The highest BCUT2D eigenvalue weighted by molar-refractivity contribution is 5.98. The number of nitrogens with one attached hydrogen (secondary N) is 2. The zero-order valence-electron chi connectivity index (χ0n) is 17.9. The third-order valence-electron chi connectivity index (χ3n) is 4.67. The molecule has 0 atom stereocenters. The van der Waals surface area contributed by atoms with Crippen LogP contribution in [0.5, 0.6) is 0 Å². The first kappa shape index (κ1) is 23.5. The molecule has 0 spiro atoms. The van der Waals surface area contributed by atoms with E-state index >= 15 is 0 Å². The van der Waals surface area contributed by atoms with Crippen molar-refractivity contribution in [3.8, 4) is 5.69 Å². The van der Waals surface area contributed by atoms with Gasteiger partial charge >= 0.3 is 6.18 Å². The molecule has 11 heteroatoms. The van der Waals surface area contributed by atoms with Crippen LogP contribution in [-0.4, -0.2) is 35.7 Å². The number of hydrogen-bond donors (Lipinski definition) is 2. The number of aromatic nitrogens is 2. The molecule has 2 aromatic carbocycles. The molecule has 0 aliphatic rings. The standard InChI is InChI=1S/C22H20F3N5O3/c1-13-11-18(31)19(28-30(13)17-10-5-4-9-16(17)22(23,24)25)21(33)27-26-20(32)14-7-6-8-15(12-14)29(2)3/h4-12H,1-3H3,(H,26,32)(H,27,33). The quantitative estimate of drug-likeness (QED) is 0.585. The van der Waals surface area contributed by atoms with E-state index in [4.69, 9.17) is 0 Å². The van der Waals surface area contributed by atoms with Crippen molar-refractivity contribution in [2.75, 3.05) is 19.0 Å². The molecule has 172 valence electrons. The van der Waals surface area contributed by atoms with Gasteiger partial charge in [-0.25, -0.2) is 4.68 Å². The molecule has 1 aromatic heterocycles. The minimum absolute atomic E-state index is 0.0952. The van der Waals surface area contributed by atoms with Gasteiger partial charge in [0.2, 0.25) is 5.43 Å². The number of nitrogens with zero attached hydrogens (tertiary/aromatic N) is 3. The number of alkyl halides is 3. The molecular weight excluding hydrogens is 439 g/mol. The molecule has 8 nitrogen and oxygen atoms in total. The maximum atomic E-state index is 13.4. The average molecular weight is 459 g/mol. The minimum atomic E-state index is -4.68. The Morgan fingerprint density at radius 2 is 1.64 bits per heavy atom. The number of anilines is 1. The molecule has 1 heterocycles. The largest absolute Gasteiger partial charge is 0.418 e. The molecule has 0 bridgehead atoms. The summed E-state index contributed by atoms with van der Waals surface area (Å²) in [7, 11) is 3.59. The number of hydrogen-bond acceptors (Lipinski definition) is 5. The van der Waals surface area contributed by atoms with Gasteiger partial charge in [-0.15, -0.1) is 0 Å². The predicted octanol–water partition coefficient (Wildman–Crippen LogP) is 2.70. The highest BCUT2D eigenvalue weighted by atomic mass is 19.4. The van der Waals surface area contributed by atoms with E-state index in [1.54, 1.807) is 37.2 Å². The summed E-state index contributed by atoms with van der Waals surface area (Å²) in [6.45, 7) is 1.39.